The molecule has 1 atom stereocenters. The summed E-state index contributed by atoms with van der Waals surface area (Å²) in [5.41, 5.74) is 18.1. The number of hydrogen-bond acceptors (Lipinski definition) is 6. The Balaban J connectivity index is 0.979. The van der Waals surface area contributed by atoms with Gasteiger partial charge in [0, 0.05) is 61.1 Å². The van der Waals surface area contributed by atoms with Gasteiger partial charge in [-0.05, 0) is 76.3 Å². The lowest BCUT2D eigenvalue weighted by atomic mass is 9.70. The van der Waals surface area contributed by atoms with Crippen molar-refractivity contribution in [1.29, 1.82) is 0 Å². The van der Waals surface area contributed by atoms with E-state index in [0.717, 1.165) is 61.5 Å². The second kappa shape index (κ2) is 13.2. The van der Waals surface area contributed by atoms with Gasteiger partial charge in [0.2, 0.25) is 0 Å². The molecule has 3 aliphatic rings. The lowest BCUT2D eigenvalue weighted by molar-refractivity contribution is 0.788. The summed E-state index contributed by atoms with van der Waals surface area (Å²) in [5, 5.41) is 1.04. The van der Waals surface area contributed by atoms with Crippen LogP contribution in [0.5, 0.6) is 0 Å². The average molecular weight is 796 g/mol. The SMILES string of the molecule is c1ccc(-c2nc(-c3ccc(-c4cnc5c(c4)C4(c6ccccc6-c6c4ccc4c6Sc6ccccc6N4c4ccccc4)c4cccnc4-5)cc3)nc3ccccc23)cc1. The highest BCUT2D eigenvalue weighted by molar-refractivity contribution is 8.00. The summed E-state index contributed by atoms with van der Waals surface area (Å²) in [7, 11) is 0. The summed E-state index contributed by atoms with van der Waals surface area (Å²) >= 11 is 1.87. The van der Waals surface area contributed by atoms with Crippen molar-refractivity contribution in [3.63, 3.8) is 0 Å². The number of benzene rings is 7. The van der Waals surface area contributed by atoms with Gasteiger partial charge in [-0.25, -0.2) is 9.97 Å². The fourth-order valence-corrected chi connectivity index (χ4v) is 11.2. The lowest BCUT2D eigenvalue weighted by Crippen LogP contribution is -2.26. The zero-order valence-electron chi connectivity index (χ0n) is 32.7. The first-order valence-corrected chi connectivity index (χ1v) is 21.4. The van der Waals surface area contributed by atoms with Gasteiger partial charge in [-0.3, -0.25) is 9.97 Å². The molecular weight excluding hydrogens is 763 g/mol. The van der Waals surface area contributed by atoms with Gasteiger partial charge in [0.1, 0.15) is 0 Å². The fourth-order valence-electron chi connectivity index (χ4n) is 9.98. The highest BCUT2D eigenvalue weighted by Gasteiger charge is 2.54. The van der Waals surface area contributed by atoms with Crippen LogP contribution in [0, 0.1) is 0 Å². The molecule has 5 nitrogen and oxygen atoms in total. The number of hydrogen-bond donors (Lipinski definition) is 0. The first-order valence-electron chi connectivity index (χ1n) is 20.5. The Hall–Kier alpha value is -7.67. The van der Waals surface area contributed by atoms with Crippen molar-refractivity contribution in [2.75, 3.05) is 4.90 Å². The van der Waals surface area contributed by atoms with Crippen molar-refractivity contribution in [2.45, 2.75) is 15.2 Å². The second-order valence-electron chi connectivity index (χ2n) is 15.7. The van der Waals surface area contributed by atoms with Gasteiger partial charge in [-0.15, -0.1) is 0 Å². The number of pyridine rings is 2. The normalized spacial score (nSPS) is 15.2. The minimum atomic E-state index is -0.606. The predicted octanol–water partition coefficient (Wildman–Crippen LogP) is 13.7. The third kappa shape index (κ3) is 4.91. The number of fused-ring (bicyclic) bond motifs is 14. The molecule has 0 amide bonds. The van der Waals surface area contributed by atoms with E-state index in [1.165, 1.54) is 49.0 Å². The van der Waals surface area contributed by atoms with E-state index in [2.05, 4.69) is 175 Å². The van der Waals surface area contributed by atoms with Gasteiger partial charge in [0.05, 0.1) is 39.4 Å². The van der Waals surface area contributed by atoms with Crippen molar-refractivity contribution >= 4 is 39.7 Å². The van der Waals surface area contributed by atoms with Crippen LogP contribution in [-0.4, -0.2) is 19.9 Å². The lowest BCUT2D eigenvalue weighted by Gasteiger charge is -2.35. The largest absolute Gasteiger partial charge is 0.308 e. The maximum absolute atomic E-state index is 5.27. The summed E-state index contributed by atoms with van der Waals surface area (Å²) in [6.45, 7) is 0. The van der Waals surface area contributed by atoms with Crippen molar-refractivity contribution in [3.05, 3.63) is 223 Å². The number of para-hydroxylation sites is 3. The molecule has 6 heteroatoms. The van der Waals surface area contributed by atoms with Crippen LogP contribution in [0.4, 0.5) is 17.1 Å². The molecular formula is C55H33N5S. The Kier molecular flexibility index (Phi) is 7.39. The molecule has 2 aliphatic carbocycles. The molecule has 4 heterocycles. The smallest absolute Gasteiger partial charge is 0.160 e. The minimum absolute atomic E-state index is 0.606. The maximum atomic E-state index is 5.27. The Labute approximate surface area is 357 Å². The maximum Gasteiger partial charge on any atom is 0.160 e. The number of aromatic nitrogens is 4. The van der Waals surface area contributed by atoms with E-state index >= 15 is 0 Å². The van der Waals surface area contributed by atoms with Gasteiger partial charge in [-0.2, -0.15) is 0 Å². The highest BCUT2D eigenvalue weighted by atomic mass is 32.2. The standard InChI is InChI=1S/C55H33N5S/c1-3-14-35(15-4-1)50-40-19-8-10-22-45(40)58-54(59-50)36-27-25-34(26-28-36)37-32-44-52(57-33-37)51-43(21-13-31-56-51)55(44)41-20-9-7-18-39(41)49-42(55)29-30-47-53(49)61-48-24-12-11-23-46(48)60(47)38-16-5-2-6-17-38/h1-33H. The van der Waals surface area contributed by atoms with E-state index in [-0.39, 0.29) is 0 Å². The Morgan fingerprint density at radius 2 is 1.18 bits per heavy atom. The van der Waals surface area contributed by atoms with E-state index in [9.17, 15) is 0 Å². The molecule has 1 aliphatic heterocycles. The predicted molar refractivity (Wildman–Crippen MR) is 247 cm³/mol. The van der Waals surface area contributed by atoms with Crippen LogP contribution in [0.1, 0.15) is 22.3 Å². The summed E-state index contributed by atoms with van der Waals surface area (Å²) in [5.74, 6) is 0.700. The van der Waals surface area contributed by atoms with Crippen molar-refractivity contribution < 1.29 is 0 Å². The van der Waals surface area contributed by atoms with E-state index in [1.807, 2.05) is 42.4 Å². The molecule has 13 rings (SSSR count). The monoisotopic (exact) mass is 795 g/mol. The molecule has 10 aromatic rings. The number of nitrogens with zero attached hydrogens (tertiary/aromatic N) is 5. The molecule has 0 saturated carbocycles. The summed E-state index contributed by atoms with van der Waals surface area (Å²) in [6.07, 6.45) is 3.90. The van der Waals surface area contributed by atoms with Gasteiger partial charge in [0.25, 0.3) is 0 Å². The molecule has 0 radical (unpaired) electrons. The van der Waals surface area contributed by atoms with Crippen LogP contribution < -0.4 is 4.90 Å². The fraction of sp³-hybridized carbons (Fsp3) is 0.0182. The van der Waals surface area contributed by atoms with Crippen LogP contribution in [0.2, 0.25) is 0 Å². The molecule has 0 saturated heterocycles. The second-order valence-corrected chi connectivity index (χ2v) is 16.8. The van der Waals surface area contributed by atoms with Gasteiger partial charge in [-0.1, -0.05) is 151 Å². The third-order valence-electron chi connectivity index (χ3n) is 12.6. The molecule has 0 N–H and O–H groups in total. The zero-order chi connectivity index (χ0) is 40.1. The van der Waals surface area contributed by atoms with Crippen molar-refractivity contribution in [1.82, 2.24) is 19.9 Å². The molecule has 0 bridgehead atoms. The Morgan fingerprint density at radius 1 is 0.459 bits per heavy atom. The van der Waals surface area contributed by atoms with E-state index in [4.69, 9.17) is 19.9 Å². The van der Waals surface area contributed by atoms with Crippen LogP contribution in [0.15, 0.2) is 210 Å². The van der Waals surface area contributed by atoms with Crippen molar-refractivity contribution in [3.8, 4) is 56.3 Å². The Morgan fingerprint density at radius 3 is 2.07 bits per heavy atom. The average Bonchev–Trinajstić information content (AvgIpc) is 3.81. The summed E-state index contributed by atoms with van der Waals surface area (Å²) in [6, 6.07) is 67.1. The first-order chi connectivity index (χ1) is 30.3. The van der Waals surface area contributed by atoms with Gasteiger partial charge < -0.3 is 4.90 Å². The quantitative estimate of drug-likeness (QED) is 0.177. The minimum Gasteiger partial charge on any atom is -0.308 e. The van der Waals surface area contributed by atoms with E-state index in [1.54, 1.807) is 0 Å². The molecule has 1 unspecified atom stereocenters. The molecule has 7 aromatic carbocycles. The van der Waals surface area contributed by atoms with Crippen LogP contribution in [0.25, 0.3) is 67.2 Å². The first kappa shape index (κ1) is 34.2. The zero-order valence-corrected chi connectivity index (χ0v) is 33.5. The van der Waals surface area contributed by atoms with Crippen LogP contribution >= 0.6 is 11.8 Å². The summed E-state index contributed by atoms with van der Waals surface area (Å²) < 4.78 is 0. The van der Waals surface area contributed by atoms with E-state index in [0.29, 0.717) is 5.82 Å². The van der Waals surface area contributed by atoms with Crippen LogP contribution in [0.3, 0.4) is 0 Å². The number of rotatable bonds is 4. The van der Waals surface area contributed by atoms with E-state index < -0.39 is 5.41 Å². The Bertz CT molecular complexity index is 3400. The van der Waals surface area contributed by atoms with Crippen LogP contribution in [-0.2, 0) is 5.41 Å². The van der Waals surface area contributed by atoms with Gasteiger partial charge >= 0.3 is 0 Å². The molecule has 0 fully saturated rings. The van der Waals surface area contributed by atoms with Crippen molar-refractivity contribution in [2.24, 2.45) is 0 Å². The highest BCUT2D eigenvalue weighted by Crippen LogP contribution is 2.66. The third-order valence-corrected chi connectivity index (χ3v) is 13.8. The molecule has 3 aromatic heterocycles. The topological polar surface area (TPSA) is 54.8 Å². The molecule has 61 heavy (non-hydrogen) atoms. The van der Waals surface area contributed by atoms with Gasteiger partial charge in [0.15, 0.2) is 5.82 Å². The summed E-state index contributed by atoms with van der Waals surface area (Å²) in [4.78, 5) is 25.4. The molecule has 1 spiro atoms. The number of anilines is 3. The molecule has 284 valence electrons.